The van der Waals surface area contributed by atoms with Crippen LogP contribution in [0.1, 0.15) is 24.0 Å². The highest BCUT2D eigenvalue weighted by Crippen LogP contribution is 2.28. The minimum absolute atomic E-state index is 0.0729. The van der Waals surface area contributed by atoms with Gasteiger partial charge >= 0.3 is 0 Å². The van der Waals surface area contributed by atoms with E-state index < -0.39 is 0 Å². The van der Waals surface area contributed by atoms with E-state index in [9.17, 15) is 4.79 Å². The largest absolute Gasteiger partial charge is 0.335 e. The number of hydrogen-bond acceptors (Lipinski definition) is 4. The molecule has 1 aliphatic heterocycles. The number of likely N-dealkylation sites (tertiary alicyclic amines) is 1. The van der Waals surface area contributed by atoms with Gasteiger partial charge in [-0.3, -0.25) is 4.79 Å². The lowest BCUT2D eigenvalue weighted by atomic mass is 10.1. The fourth-order valence-electron chi connectivity index (χ4n) is 1.96. The lowest BCUT2D eigenvalue weighted by molar-refractivity contribution is -0.127. The summed E-state index contributed by atoms with van der Waals surface area (Å²) in [4.78, 5) is 21.4. The summed E-state index contributed by atoms with van der Waals surface area (Å²) < 4.78 is 0. The second-order valence-electron chi connectivity index (χ2n) is 3.85. The minimum atomic E-state index is -0.170. The molecule has 2 atom stereocenters. The molecule has 5 nitrogen and oxygen atoms in total. The molecule has 0 aliphatic carbocycles. The maximum absolute atomic E-state index is 11.5. The molecule has 1 amide bonds. The van der Waals surface area contributed by atoms with Crippen molar-refractivity contribution in [1.82, 2.24) is 14.9 Å². The zero-order valence-electron chi connectivity index (χ0n) is 8.84. The quantitative estimate of drug-likeness (QED) is 0.703. The average molecular weight is 206 g/mol. The lowest BCUT2D eigenvalue weighted by Gasteiger charge is -2.22. The number of rotatable bonds is 1. The van der Waals surface area contributed by atoms with E-state index >= 15 is 0 Å². The summed E-state index contributed by atoms with van der Waals surface area (Å²) in [6.07, 6.45) is 2.09. The minimum Gasteiger partial charge on any atom is -0.335 e. The molecule has 1 saturated heterocycles. The van der Waals surface area contributed by atoms with E-state index in [0.717, 1.165) is 5.69 Å². The SMILES string of the molecule is Cc1nccc(C2C(N)CC(=O)N2C)n1. The molecule has 0 radical (unpaired) electrons. The molecular weight excluding hydrogens is 192 g/mol. The van der Waals surface area contributed by atoms with E-state index in [2.05, 4.69) is 9.97 Å². The monoisotopic (exact) mass is 206 g/mol. The Morgan fingerprint density at radius 2 is 2.33 bits per heavy atom. The molecule has 80 valence electrons. The molecule has 0 aromatic carbocycles. The van der Waals surface area contributed by atoms with Crippen molar-refractivity contribution in [3.63, 3.8) is 0 Å². The van der Waals surface area contributed by atoms with Crippen LogP contribution in [0.15, 0.2) is 12.3 Å². The van der Waals surface area contributed by atoms with Crippen LogP contribution in [-0.4, -0.2) is 33.9 Å². The first-order valence-electron chi connectivity index (χ1n) is 4.90. The summed E-state index contributed by atoms with van der Waals surface area (Å²) >= 11 is 0. The van der Waals surface area contributed by atoms with Crippen molar-refractivity contribution in [2.45, 2.75) is 25.4 Å². The molecule has 0 bridgehead atoms. The van der Waals surface area contributed by atoms with E-state index in [1.54, 1.807) is 18.1 Å². The third-order valence-electron chi connectivity index (χ3n) is 2.73. The van der Waals surface area contributed by atoms with Gasteiger partial charge in [0.1, 0.15) is 5.82 Å². The summed E-state index contributed by atoms with van der Waals surface area (Å²) in [6, 6.07) is 1.53. The number of nitrogens with two attached hydrogens (primary N) is 1. The number of amides is 1. The number of carbonyl (C=O) groups excluding carboxylic acids is 1. The highest BCUT2D eigenvalue weighted by molar-refractivity contribution is 5.79. The van der Waals surface area contributed by atoms with Crippen molar-refractivity contribution in [2.75, 3.05) is 7.05 Å². The highest BCUT2D eigenvalue weighted by atomic mass is 16.2. The Morgan fingerprint density at radius 3 is 2.87 bits per heavy atom. The second-order valence-corrected chi connectivity index (χ2v) is 3.85. The van der Waals surface area contributed by atoms with Crippen molar-refractivity contribution in [2.24, 2.45) is 5.73 Å². The van der Waals surface area contributed by atoms with Crippen LogP contribution in [-0.2, 0) is 4.79 Å². The number of nitrogens with zero attached hydrogens (tertiary/aromatic N) is 3. The number of carbonyl (C=O) groups is 1. The summed E-state index contributed by atoms with van der Waals surface area (Å²) in [5, 5.41) is 0. The van der Waals surface area contributed by atoms with Gasteiger partial charge in [-0.2, -0.15) is 0 Å². The number of likely N-dealkylation sites (N-methyl/N-ethyl adjacent to an activating group) is 1. The van der Waals surface area contributed by atoms with Crippen molar-refractivity contribution in [1.29, 1.82) is 0 Å². The van der Waals surface area contributed by atoms with Crippen LogP contribution in [0.4, 0.5) is 0 Å². The van der Waals surface area contributed by atoms with Crippen LogP contribution in [0.3, 0.4) is 0 Å². The Kier molecular flexibility index (Phi) is 2.40. The van der Waals surface area contributed by atoms with Crippen LogP contribution in [0, 0.1) is 6.92 Å². The molecule has 0 saturated carbocycles. The van der Waals surface area contributed by atoms with Crippen molar-refractivity contribution < 1.29 is 4.79 Å². The van der Waals surface area contributed by atoms with Gasteiger partial charge in [-0.1, -0.05) is 0 Å². The van der Waals surface area contributed by atoms with Gasteiger partial charge in [0, 0.05) is 25.7 Å². The fraction of sp³-hybridized carbons (Fsp3) is 0.500. The molecule has 2 rings (SSSR count). The average Bonchev–Trinajstić information content (AvgIpc) is 2.41. The van der Waals surface area contributed by atoms with Gasteiger partial charge in [-0.25, -0.2) is 9.97 Å². The van der Waals surface area contributed by atoms with Gasteiger partial charge in [0.05, 0.1) is 11.7 Å². The molecule has 1 fully saturated rings. The number of hydrogen-bond donors (Lipinski definition) is 1. The first kappa shape index (κ1) is 10.0. The highest BCUT2D eigenvalue weighted by Gasteiger charge is 2.36. The van der Waals surface area contributed by atoms with Crippen molar-refractivity contribution in [3.8, 4) is 0 Å². The molecule has 1 aromatic rings. The van der Waals surface area contributed by atoms with E-state index in [1.165, 1.54) is 0 Å². The summed E-state index contributed by atoms with van der Waals surface area (Å²) in [5.74, 6) is 0.774. The van der Waals surface area contributed by atoms with Crippen molar-refractivity contribution in [3.05, 3.63) is 23.8 Å². The Hall–Kier alpha value is -1.49. The van der Waals surface area contributed by atoms with Crippen LogP contribution < -0.4 is 5.73 Å². The Balaban J connectivity index is 2.34. The van der Waals surface area contributed by atoms with Crippen LogP contribution >= 0.6 is 0 Å². The van der Waals surface area contributed by atoms with Crippen LogP contribution in [0.2, 0.25) is 0 Å². The predicted molar refractivity (Wildman–Crippen MR) is 54.9 cm³/mol. The molecule has 1 aromatic heterocycles. The van der Waals surface area contributed by atoms with Gasteiger partial charge in [0.15, 0.2) is 0 Å². The molecule has 2 heterocycles. The third-order valence-corrected chi connectivity index (χ3v) is 2.73. The zero-order chi connectivity index (χ0) is 11.0. The topological polar surface area (TPSA) is 72.1 Å². The van der Waals surface area contributed by atoms with E-state index in [0.29, 0.717) is 12.2 Å². The molecule has 2 N–H and O–H groups in total. The maximum atomic E-state index is 11.5. The molecule has 2 unspecified atom stereocenters. The first-order chi connectivity index (χ1) is 7.09. The summed E-state index contributed by atoms with van der Waals surface area (Å²) in [6.45, 7) is 1.83. The number of aryl methyl sites for hydroxylation is 1. The molecule has 15 heavy (non-hydrogen) atoms. The van der Waals surface area contributed by atoms with Gasteiger partial charge in [-0.15, -0.1) is 0 Å². The zero-order valence-corrected chi connectivity index (χ0v) is 8.84. The number of aromatic nitrogens is 2. The second kappa shape index (κ2) is 3.58. The van der Waals surface area contributed by atoms with Gasteiger partial charge in [0.2, 0.25) is 5.91 Å². The summed E-state index contributed by atoms with van der Waals surface area (Å²) in [7, 11) is 1.76. The van der Waals surface area contributed by atoms with E-state index in [1.807, 2.05) is 13.0 Å². The normalized spacial score (nSPS) is 26.1. The standard InChI is InChI=1S/C10H14N4O/c1-6-12-4-3-8(13-6)10-7(11)5-9(15)14(10)2/h3-4,7,10H,5,11H2,1-2H3. The molecular formula is C10H14N4O. The Bertz CT molecular complexity index is 393. The Morgan fingerprint density at radius 1 is 1.60 bits per heavy atom. The maximum Gasteiger partial charge on any atom is 0.224 e. The first-order valence-corrected chi connectivity index (χ1v) is 4.90. The fourth-order valence-corrected chi connectivity index (χ4v) is 1.96. The van der Waals surface area contributed by atoms with E-state index in [4.69, 9.17) is 5.73 Å². The van der Waals surface area contributed by atoms with E-state index in [-0.39, 0.29) is 18.0 Å². The smallest absolute Gasteiger partial charge is 0.224 e. The lowest BCUT2D eigenvalue weighted by Crippen LogP contribution is -2.31. The molecule has 5 heteroatoms. The van der Waals surface area contributed by atoms with Gasteiger partial charge in [-0.05, 0) is 13.0 Å². The Labute approximate surface area is 88.3 Å². The van der Waals surface area contributed by atoms with Crippen LogP contribution in [0.5, 0.6) is 0 Å². The molecule has 1 aliphatic rings. The predicted octanol–water partition coefficient (Wildman–Crippen LogP) is 0.0155. The van der Waals surface area contributed by atoms with Gasteiger partial charge < -0.3 is 10.6 Å². The van der Waals surface area contributed by atoms with Gasteiger partial charge in [0.25, 0.3) is 0 Å². The van der Waals surface area contributed by atoms with Crippen molar-refractivity contribution >= 4 is 5.91 Å². The molecule has 0 spiro atoms. The summed E-state index contributed by atoms with van der Waals surface area (Å²) in [5.41, 5.74) is 6.74. The third kappa shape index (κ3) is 1.70. The van der Waals surface area contributed by atoms with Crippen LogP contribution in [0.25, 0.3) is 0 Å².